The molecule has 0 spiro atoms. The van der Waals surface area contributed by atoms with Crippen molar-refractivity contribution in [3.05, 3.63) is 29.1 Å². The molecule has 0 aromatic heterocycles. The number of halogens is 1. The van der Waals surface area contributed by atoms with Crippen molar-refractivity contribution in [1.82, 2.24) is 0 Å². The maximum atomic E-state index is 14.0. The van der Waals surface area contributed by atoms with E-state index >= 15 is 0 Å². The second-order valence-corrected chi connectivity index (χ2v) is 5.59. The first-order valence-electron chi connectivity index (χ1n) is 6.65. The molecule has 2 nitrogen and oxygen atoms in total. The fourth-order valence-electron chi connectivity index (χ4n) is 2.85. The van der Waals surface area contributed by atoms with Crippen LogP contribution in [0.5, 0.6) is 5.75 Å². The zero-order valence-corrected chi connectivity index (χ0v) is 11.4. The molecule has 0 unspecified atom stereocenters. The quantitative estimate of drug-likeness (QED) is 0.889. The first-order valence-corrected chi connectivity index (χ1v) is 6.65. The Balaban J connectivity index is 2.53. The van der Waals surface area contributed by atoms with Gasteiger partial charge in [-0.25, -0.2) is 4.39 Å². The molecule has 0 aliphatic heterocycles. The summed E-state index contributed by atoms with van der Waals surface area (Å²) in [4.78, 5) is 0. The molecule has 1 aromatic carbocycles. The van der Waals surface area contributed by atoms with Crippen LogP contribution in [-0.2, 0) is 5.54 Å². The summed E-state index contributed by atoms with van der Waals surface area (Å²) in [5, 5.41) is 0. The second-order valence-electron chi connectivity index (χ2n) is 5.59. The first kappa shape index (κ1) is 13.3. The first-order chi connectivity index (χ1) is 8.48. The van der Waals surface area contributed by atoms with Gasteiger partial charge in [0.05, 0.1) is 7.11 Å². The molecule has 2 N–H and O–H groups in total. The topological polar surface area (TPSA) is 35.2 Å². The molecule has 0 radical (unpaired) electrons. The number of methoxy groups -OCH3 is 1. The predicted molar refractivity (Wildman–Crippen MR) is 71.4 cm³/mol. The third-order valence-electron chi connectivity index (χ3n) is 3.97. The van der Waals surface area contributed by atoms with Crippen molar-refractivity contribution in [2.45, 2.75) is 51.0 Å². The molecule has 3 heteroatoms. The molecular formula is C15H22FNO. The Morgan fingerprint density at radius 2 is 1.89 bits per heavy atom. The van der Waals surface area contributed by atoms with Crippen LogP contribution in [0.25, 0.3) is 0 Å². The molecule has 0 atom stereocenters. The Morgan fingerprint density at radius 3 is 2.39 bits per heavy atom. The van der Waals surface area contributed by atoms with E-state index in [-0.39, 0.29) is 17.3 Å². The van der Waals surface area contributed by atoms with E-state index in [1.54, 1.807) is 7.11 Å². The van der Waals surface area contributed by atoms with Crippen LogP contribution in [0.3, 0.4) is 0 Å². The van der Waals surface area contributed by atoms with Crippen molar-refractivity contribution in [3.63, 3.8) is 0 Å². The summed E-state index contributed by atoms with van der Waals surface area (Å²) in [5.41, 5.74) is 7.82. The van der Waals surface area contributed by atoms with Gasteiger partial charge in [-0.1, -0.05) is 26.7 Å². The zero-order chi connectivity index (χ0) is 13.3. The molecule has 0 saturated heterocycles. The SMILES string of the molecule is COc1cc(F)c(C(C)C)cc1C1(N)CCCC1. The van der Waals surface area contributed by atoms with Crippen molar-refractivity contribution < 1.29 is 9.13 Å². The monoisotopic (exact) mass is 251 g/mol. The summed E-state index contributed by atoms with van der Waals surface area (Å²) in [6.45, 7) is 3.99. The van der Waals surface area contributed by atoms with Gasteiger partial charge in [0.2, 0.25) is 0 Å². The number of rotatable bonds is 3. The van der Waals surface area contributed by atoms with E-state index in [4.69, 9.17) is 10.5 Å². The van der Waals surface area contributed by atoms with E-state index in [0.717, 1.165) is 36.8 Å². The molecule has 0 bridgehead atoms. The molecule has 100 valence electrons. The van der Waals surface area contributed by atoms with Crippen molar-refractivity contribution in [2.75, 3.05) is 7.11 Å². The van der Waals surface area contributed by atoms with Gasteiger partial charge in [0.25, 0.3) is 0 Å². The van der Waals surface area contributed by atoms with Crippen LogP contribution < -0.4 is 10.5 Å². The third-order valence-corrected chi connectivity index (χ3v) is 3.97. The lowest BCUT2D eigenvalue weighted by Gasteiger charge is -2.27. The molecule has 1 aliphatic rings. The third kappa shape index (κ3) is 2.24. The van der Waals surface area contributed by atoms with Crippen LogP contribution in [0.2, 0.25) is 0 Å². The van der Waals surface area contributed by atoms with Crippen LogP contribution in [0.15, 0.2) is 12.1 Å². The highest BCUT2D eigenvalue weighted by Gasteiger charge is 2.34. The number of benzene rings is 1. The van der Waals surface area contributed by atoms with Gasteiger partial charge in [0.1, 0.15) is 11.6 Å². The summed E-state index contributed by atoms with van der Waals surface area (Å²) < 4.78 is 19.3. The molecule has 1 aromatic rings. The molecule has 0 heterocycles. The van der Waals surface area contributed by atoms with E-state index < -0.39 is 0 Å². The average molecular weight is 251 g/mol. The summed E-state index contributed by atoms with van der Waals surface area (Å²) in [6, 6.07) is 3.39. The fraction of sp³-hybridized carbons (Fsp3) is 0.600. The minimum Gasteiger partial charge on any atom is -0.496 e. The maximum Gasteiger partial charge on any atom is 0.130 e. The second kappa shape index (κ2) is 4.88. The van der Waals surface area contributed by atoms with Gasteiger partial charge in [-0.3, -0.25) is 0 Å². The highest BCUT2D eigenvalue weighted by Crippen LogP contribution is 2.42. The van der Waals surface area contributed by atoms with E-state index in [1.807, 2.05) is 19.9 Å². The Kier molecular flexibility index (Phi) is 3.62. The van der Waals surface area contributed by atoms with Crippen LogP contribution in [0.1, 0.15) is 56.6 Å². The van der Waals surface area contributed by atoms with Crippen LogP contribution in [-0.4, -0.2) is 7.11 Å². The molecule has 18 heavy (non-hydrogen) atoms. The molecule has 0 amide bonds. The smallest absolute Gasteiger partial charge is 0.130 e. The van der Waals surface area contributed by atoms with Gasteiger partial charge in [-0.15, -0.1) is 0 Å². The molecular weight excluding hydrogens is 229 g/mol. The fourth-order valence-corrected chi connectivity index (χ4v) is 2.85. The van der Waals surface area contributed by atoms with Crippen LogP contribution >= 0.6 is 0 Å². The van der Waals surface area contributed by atoms with Crippen LogP contribution in [0.4, 0.5) is 4.39 Å². The Morgan fingerprint density at radius 1 is 1.28 bits per heavy atom. The van der Waals surface area contributed by atoms with Crippen molar-refractivity contribution in [3.8, 4) is 5.75 Å². The van der Waals surface area contributed by atoms with Gasteiger partial charge in [-0.2, -0.15) is 0 Å². The summed E-state index contributed by atoms with van der Waals surface area (Å²) in [7, 11) is 1.58. The lowest BCUT2D eigenvalue weighted by atomic mass is 9.86. The number of hydrogen-bond donors (Lipinski definition) is 1. The number of ether oxygens (including phenoxy) is 1. The standard InChI is InChI=1S/C15H22FNO/c1-10(2)11-8-12(14(18-3)9-13(11)16)15(17)6-4-5-7-15/h8-10H,4-7,17H2,1-3H3. The molecule has 1 saturated carbocycles. The Hall–Kier alpha value is -1.09. The van der Waals surface area contributed by atoms with Crippen molar-refractivity contribution in [1.29, 1.82) is 0 Å². The predicted octanol–water partition coefficient (Wildman–Crippen LogP) is 3.69. The maximum absolute atomic E-state index is 14.0. The summed E-state index contributed by atoms with van der Waals surface area (Å²) >= 11 is 0. The highest BCUT2D eigenvalue weighted by molar-refractivity contribution is 5.44. The molecule has 1 fully saturated rings. The summed E-state index contributed by atoms with van der Waals surface area (Å²) in [6.07, 6.45) is 4.17. The lowest BCUT2D eigenvalue weighted by molar-refractivity contribution is 0.375. The summed E-state index contributed by atoms with van der Waals surface area (Å²) in [5.74, 6) is 0.535. The van der Waals surface area contributed by atoms with Crippen molar-refractivity contribution >= 4 is 0 Å². The van der Waals surface area contributed by atoms with Gasteiger partial charge in [0, 0.05) is 17.2 Å². The number of nitrogens with two attached hydrogens (primary N) is 1. The van der Waals surface area contributed by atoms with Crippen LogP contribution in [0, 0.1) is 5.82 Å². The normalized spacial score (nSPS) is 18.3. The minimum absolute atomic E-state index is 0.152. The van der Waals surface area contributed by atoms with Gasteiger partial charge in [-0.05, 0) is 30.4 Å². The van der Waals surface area contributed by atoms with E-state index in [1.165, 1.54) is 6.07 Å². The average Bonchev–Trinajstić information content (AvgIpc) is 2.76. The Labute approximate surface area is 108 Å². The highest BCUT2D eigenvalue weighted by atomic mass is 19.1. The van der Waals surface area contributed by atoms with Crippen molar-refractivity contribution in [2.24, 2.45) is 5.73 Å². The van der Waals surface area contributed by atoms with Gasteiger partial charge < -0.3 is 10.5 Å². The van der Waals surface area contributed by atoms with E-state index in [9.17, 15) is 4.39 Å². The molecule has 1 aliphatic carbocycles. The zero-order valence-electron chi connectivity index (χ0n) is 11.4. The molecule has 2 rings (SSSR count). The van der Waals surface area contributed by atoms with Gasteiger partial charge >= 0.3 is 0 Å². The lowest BCUT2D eigenvalue weighted by Crippen LogP contribution is -2.33. The number of hydrogen-bond acceptors (Lipinski definition) is 2. The largest absolute Gasteiger partial charge is 0.496 e. The van der Waals surface area contributed by atoms with E-state index in [2.05, 4.69) is 0 Å². The minimum atomic E-state index is -0.345. The van der Waals surface area contributed by atoms with Gasteiger partial charge in [0.15, 0.2) is 0 Å². The Bertz CT molecular complexity index is 436. The van der Waals surface area contributed by atoms with E-state index in [0.29, 0.717) is 5.75 Å².